The van der Waals surface area contributed by atoms with Crippen LogP contribution in [0.5, 0.6) is 0 Å². The summed E-state index contributed by atoms with van der Waals surface area (Å²) in [6.07, 6.45) is 3.76. The van der Waals surface area contributed by atoms with Crippen LogP contribution in [0.1, 0.15) is 43.2 Å². The highest BCUT2D eigenvalue weighted by molar-refractivity contribution is 5.98. The SMILES string of the molecule is Cc1cc(CC2CCC(=O)NC2=O)ccc1N1CCC(CC(=O)O)CC1. The first-order valence-electron chi connectivity index (χ1n) is 9.32. The zero-order valence-electron chi connectivity index (χ0n) is 15.2. The summed E-state index contributed by atoms with van der Waals surface area (Å²) in [5.74, 6) is -0.912. The van der Waals surface area contributed by atoms with Crippen LogP contribution in [-0.2, 0) is 20.8 Å². The summed E-state index contributed by atoms with van der Waals surface area (Å²) < 4.78 is 0. The van der Waals surface area contributed by atoms with Crippen molar-refractivity contribution in [2.45, 2.75) is 45.4 Å². The van der Waals surface area contributed by atoms with Crippen molar-refractivity contribution in [3.05, 3.63) is 29.3 Å². The highest BCUT2D eigenvalue weighted by atomic mass is 16.4. The van der Waals surface area contributed by atoms with E-state index in [9.17, 15) is 14.4 Å². The molecule has 0 saturated carbocycles. The fraction of sp³-hybridized carbons (Fsp3) is 0.550. The van der Waals surface area contributed by atoms with Gasteiger partial charge in [-0.25, -0.2) is 0 Å². The third kappa shape index (κ3) is 4.42. The molecular weight excluding hydrogens is 332 g/mol. The maximum absolute atomic E-state index is 11.9. The van der Waals surface area contributed by atoms with Gasteiger partial charge in [0.25, 0.3) is 0 Å². The molecule has 2 aliphatic rings. The van der Waals surface area contributed by atoms with Crippen LogP contribution in [0.15, 0.2) is 18.2 Å². The Labute approximate surface area is 153 Å². The lowest BCUT2D eigenvalue weighted by Crippen LogP contribution is -2.41. The number of nitrogens with zero attached hydrogens (tertiary/aromatic N) is 1. The number of benzene rings is 1. The maximum Gasteiger partial charge on any atom is 0.303 e. The van der Waals surface area contributed by atoms with Crippen LogP contribution in [0.4, 0.5) is 5.69 Å². The number of carbonyl (C=O) groups excluding carboxylic acids is 2. The van der Waals surface area contributed by atoms with Crippen molar-refractivity contribution in [1.82, 2.24) is 5.32 Å². The van der Waals surface area contributed by atoms with E-state index in [4.69, 9.17) is 5.11 Å². The molecule has 3 rings (SSSR count). The van der Waals surface area contributed by atoms with Gasteiger partial charge in [-0.1, -0.05) is 12.1 Å². The van der Waals surface area contributed by atoms with Gasteiger partial charge in [-0.15, -0.1) is 0 Å². The summed E-state index contributed by atoms with van der Waals surface area (Å²) in [6, 6.07) is 6.30. The smallest absolute Gasteiger partial charge is 0.303 e. The molecule has 0 aromatic heterocycles. The Morgan fingerprint density at radius 1 is 1.23 bits per heavy atom. The Kier molecular flexibility index (Phi) is 5.59. The third-order valence-corrected chi connectivity index (χ3v) is 5.52. The van der Waals surface area contributed by atoms with E-state index in [2.05, 4.69) is 35.3 Å². The highest BCUT2D eigenvalue weighted by Gasteiger charge is 2.27. The van der Waals surface area contributed by atoms with Crippen molar-refractivity contribution in [3.8, 4) is 0 Å². The van der Waals surface area contributed by atoms with Gasteiger partial charge in [-0.05, 0) is 55.7 Å². The first kappa shape index (κ1) is 18.4. The first-order valence-corrected chi connectivity index (χ1v) is 9.32. The fourth-order valence-electron chi connectivity index (χ4n) is 4.04. The molecule has 6 heteroatoms. The van der Waals surface area contributed by atoms with Crippen LogP contribution < -0.4 is 10.2 Å². The van der Waals surface area contributed by atoms with Crippen molar-refractivity contribution in [3.63, 3.8) is 0 Å². The zero-order chi connectivity index (χ0) is 18.7. The van der Waals surface area contributed by atoms with Crippen molar-refractivity contribution in [2.75, 3.05) is 18.0 Å². The van der Waals surface area contributed by atoms with E-state index < -0.39 is 5.97 Å². The molecule has 2 heterocycles. The first-order chi connectivity index (χ1) is 12.4. The molecule has 0 radical (unpaired) electrons. The number of amides is 2. The topological polar surface area (TPSA) is 86.7 Å². The number of aliphatic carboxylic acids is 1. The van der Waals surface area contributed by atoms with Crippen molar-refractivity contribution < 1.29 is 19.5 Å². The molecule has 140 valence electrons. The number of imide groups is 1. The van der Waals surface area contributed by atoms with Gasteiger partial charge in [-0.2, -0.15) is 0 Å². The minimum atomic E-state index is -0.711. The minimum absolute atomic E-state index is 0.135. The fourth-order valence-corrected chi connectivity index (χ4v) is 4.04. The van der Waals surface area contributed by atoms with Gasteiger partial charge in [0.05, 0.1) is 0 Å². The Bertz CT molecular complexity index is 708. The number of carboxylic acids is 1. The van der Waals surface area contributed by atoms with Crippen LogP contribution in [-0.4, -0.2) is 36.0 Å². The van der Waals surface area contributed by atoms with Crippen LogP contribution in [0.2, 0.25) is 0 Å². The summed E-state index contributed by atoms with van der Waals surface area (Å²) >= 11 is 0. The normalized spacial score (nSPS) is 21.6. The van der Waals surface area contributed by atoms with Gasteiger partial charge in [-0.3, -0.25) is 19.7 Å². The van der Waals surface area contributed by atoms with Crippen LogP contribution in [0.3, 0.4) is 0 Å². The van der Waals surface area contributed by atoms with E-state index in [1.165, 1.54) is 11.3 Å². The number of hydrogen-bond acceptors (Lipinski definition) is 4. The number of carboxylic acid groups (broad SMARTS) is 1. The van der Waals surface area contributed by atoms with Gasteiger partial charge >= 0.3 is 5.97 Å². The number of hydrogen-bond donors (Lipinski definition) is 2. The predicted octanol–water partition coefficient (Wildman–Crippen LogP) is 2.28. The molecule has 2 fully saturated rings. The Balaban J connectivity index is 1.60. The maximum atomic E-state index is 11.9. The largest absolute Gasteiger partial charge is 0.481 e. The van der Waals surface area contributed by atoms with Crippen molar-refractivity contribution in [1.29, 1.82) is 0 Å². The quantitative estimate of drug-likeness (QED) is 0.789. The second kappa shape index (κ2) is 7.89. The summed E-state index contributed by atoms with van der Waals surface area (Å²) in [6.45, 7) is 3.84. The van der Waals surface area contributed by atoms with Crippen LogP contribution in [0, 0.1) is 18.8 Å². The molecule has 1 atom stereocenters. The zero-order valence-corrected chi connectivity index (χ0v) is 15.2. The lowest BCUT2D eigenvalue weighted by molar-refractivity contribution is -0.138. The molecule has 26 heavy (non-hydrogen) atoms. The molecule has 0 aliphatic carbocycles. The molecule has 6 nitrogen and oxygen atoms in total. The molecule has 2 amide bonds. The van der Waals surface area contributed by atoms with E-state index in [1.54, 1.807) is 0 Å². The Morgan fingerprint density at radius 3 is 2.58 bits per heavy atom. The number of rotatable bonds is 5. The molecule has 1 aromatic carbocycles. The third-order valence-electron chi connectivity index (χ3n) is 5.52. The minimum Gasteiger partial charge on any atom is -0.481 e. The van der Waals surface area contributed by atoms with E-state index >= 15 is 0 Å². The average molecular weight is 358 g/mol. The monoisotopic (exact) mass is 358 g/mol. The molecule has 1 unspecified atom stereocenters. The van der Waals surface area contributed by atoms with Crippen LogP contribution in [0.25, 0.3) is 0 Å². The van der Waals surface area contributed by atoms with E-state index in [0.29, 0.717) is 19.3 Å². The van der Waals surface area contributed by atoms with Crippen LogP contribution >= 0.6 is 0 Å². The van der Waals surface area contributed by atoms with Gasteiger partial charge in [0, 0.05) is 37.5 Å². The number of carbonyl (C=O) groups is 3. The Hall–Kier alpha value is -2.37. The summed E-state index contributed by atoms with van der Waals surface area (Å²) in [5.41, 5.74) is 3.47. The van der Waals surface area contributed by atoms with Crippen molar-refractivity contribution in [2.24, 2.45) is 11.8 Å². The predicted molar refractivity (Wildman–Crippen MR) is 97.9 cm³/mol. The molecule has 0 bridgehead atoms. The van der Waals surface area contributed by atoms with Gasteiger partial charge in [0.1, 0.15) is 0 Å². The summed E-state index contributed by atoms with van der Waals surface area (Å²) in [7, 11) is 0. The highest BCUT2D eigenvalue weighted by Crippen LogP contribution is 2.29. The van der Waals surface area contributed by atoms with E-state index in [1.807, 2.05) is 0 Å². The molecule has 2 aliphatic heterocycles. The second-order valence-corrected chi connectivity index (χ2v) is 7.50. The number of anilines is 1. The number of aryl methyl sites for hydroxylation is 1. The van der Waals surface area contributed by atoms with E-state index in [0.717, 1.165) is 31.5 Å². The molecule has 1 aromatic rings. The van der Waals surface area contributed by atoms with E-state index in [-0.39, 0.29) is 30.1 Å². The van der Waals surface area contributed by atoms with Crippen molar-refractivity contribution >= 4 is 23.5 Å². The standard InChI is InChI=1S/C20H26N2O4/c1-13-10-15(11-16-3-5-18(23)21-20(16)26)2-4-17(13)22-8-6-14(7-9-22)12-19(24)25/h2,4,10,14,16H,3,5-9,11-12H2,1H3,(H,24,25)(H,21,23,26). The lowest BCUT2D eigenvalue weighted by atomic mass is 9.90. The van der Waals surface area contributed by atoms with Gasteiger partial charge < -0.3 is 10.0 Å². The second-order valence-electron chi connectivity index (χ2n) is 7.50. The van der Waals surface area contributed by atoms with Gasteiger partial charge in [0.2, 0.25) is 11.8 Å². The number of piperidine rings is 2. The summed E-state index contributed by atoms with van der Waals surface area (Å²) in [5, 5.41) is 11.3. The summed E-state index contributed by atoms with van der Waals surface area (Å²) in [4.78, 5) is 36.4. The number of nitrogens with one attached hydrogen (secondary N) is 1. The average Bonchev–Trinajstić information content (AvgIpc) is 2.58. The lowest BCUT2D eigenvalue weighted by Gasteiger charge is -2.34. The molecule has 0 spiro atoms. The molecule has 2 saturated heterocycles. The molecule has 2 N–H and O–H groups in total. The Morgan fingerprint density at radius 2 is 1.96 bits per heavy atom. The molecular formula is C20H26N2O4. The van der Waals surface area contributed by atoms with Gasteiger partial charge in [0.15, 0.2) is 0 Å².